The van der Waals surface area contributed by atoms with Gasteiger partial charge in [0.2, 0.25) is 18.2 Å². The standard InChI is InChI=1S/C5H4N6O2/c6-1-8-5-9-3(12)2(11-7)4(13)10-5/h2,7H,(H2,8,9,10,12,13). The lowest BCUT2D eigenvalue weighted by molar-refractivity contribution is -0.131. The molecule has 1 rings (SSSR count). The summed E-state index contributed by atoms with van der Waals surface area (Å²) in [4.78, 5) is 25.0. The third kappa shape index (κ3) is 1.64. The van der Waals surface area contributed by atoms with Crippen molar-refractivity contribution < 1.29 is 9.59 Å². The number of aliphatic imine (C=N–C) groups is 1. The highest BCUT2D eigenvalue weighted by molar-refractivity contribution is 6.20. The average Bonchev–Trinajstić information content (AvgIpc) is 2.04. The van der Waals surface area contributed by atoms with Gasteiger partial charge in [0.1, 0.15) is 0 Å². The average molecular weight is 180 g/mol. The lowest BCUT2D eigenvalue weighted by Gasteiger charge is -2.17. The maximum atomic E-state index is 10.9. The number of rotatable bonds is 1. The van der Waals surface area contributed by atoms with Crippen LogP contribution in [0.5, 0.6) is 0 Å². The van der Waals surface area contributed by atoms with Gasteiger partial charge in [0.15, 0.2) is 0 Å². The predicted octanol–water partition coefficient (Wildman–Crippen LogP) is -1.53. The molecule has 3 N–H and O–H groups in total. The molecule has 0 unspecified atom stereocenters. The Balaban J connectivity index is 2.86. The zero-order valence-corrected chi connectivity index (χ0v) is 6.24. The molecule has 13 heavy (non-hydrogen) atoms. The van der Waals surface area contributed by atoms with Crippen molar-refractivity contribution in [1.29, 1.82) is 10.8 Å². The van der Waals surface area contributed by atoms with E-state index >= 15 is 0 Å². The summed E-state index contributed by atoms with van der Waals surface area (Å²) in [6, 6.07) is -1.39. The minimum Gasteiger partial charge on any atom is -0.293 e. The van der Waals surface area contributed by atoms with Crippen molar-refractivity contribution in [3.8, 4) is 6.19 Å². The Labute approximate surface area is 72.1 Å². The highest BCUT2D eigenvalue weighted by Crippen LogP contribution is 1.96. The molecule has 0 radical (unpaired) electrons. The minimum atomic E-state index is -1.39. The molecule has 8 nitrogen and oxygen atoms in total. The first-order valence-electron chi connectivity index (χ1n) is 3.14. The van der Waals surface area contributed by atoms with E-state index in [4.69, 9.17) is 10.8 Å². The molecular weight excluding hydrogens is 176 g/mol. The van der Waals surface area contributed by atoms with Crippen molar-refractivity contribution in [3.05, 3.63) is 0 Å². The molecule has 0 atom stereocenters. The summed E-state index contributed by atoms with van der Waals surface area (Å²) in [5.74, 6) is -1.78. The second kappa shape index (κ2) is 3.40. The van der Waals surface area contributed by atoms with Crippen LogP contribution in [0.2, 0.25) is 0 Å². The Morgan fingerprint density at radius 3 is 2.31 bits per heavy atom. The van der Waals surface area contributed by atoms with Crippen molar-refractivity contribution in [1.82, 2.24) is 10.6 Å². The summed E-state index contributed by atoms with van der Waals surface area (Å²) in [7, 11) is 0. The van der Waals surface area contributed by atoms with E-state index in [0.717, 1.165) is 0 Å². The highest BCUT2D eigenvalue weighted by Gasteiger charge is 2.32. The van der Waals surface area contributed by atoms with Gasteiger partial charge in [-0.25, -0.2) is 5.53 Å². The van der Waals surface area contributed by atoms with Crippen molar-refractivity contribution in [3.63, 3.8) is 0 Å². The number of hydrogen-bond donors (Lipinski definition) is 3. The topological polar surface area (TPSA) is 131 Å². The fraction of sp³-hybridized carbons (Fsp3) is 0.200. The Morgan fingerprint density at radius 1 is 1.38 bits per heavy atom. The first kappa shape index (κ1) is 8.79. The van der Waals surface area contributed by atoms with Crippen LogP contribution in [-0.2, 0) is 9.59 Å². The Hall–Kier alpha value is -2.30. The molecule has 2 amide bonds. The zero-order valence-electron chi connectivity index (χ0n) is 6.24. The molecule has 0 aromatic rings. The summed E-state index contributed by atoms with van der Waals surface area (Å²) in [6.45, 7) is 0. The molecule has 66 valence electrons. The smallest absolute Gasteiger partial charge is 0.263 e. The second-order valence-electron chi connectivity index (χ2n) is 2.07. The van der Waals surface area contributed by atoms with Gasteiger partial charge in [-0.2, -0.15) is 10.4 Å². The van der Waals surface area contributed by atoms with Crippen LogP contribution in [0.15, 0.2) is 10.1 Å². The lowest BCUT2D eigenvalue weighted by atomic mass is 10.2. The van der Waals surface area contributed by atoms with Crippen LogP contribution in [0.25, 0.3) is 0 Å². The van der Waals surface area contributed by atoms with Gasteiger partial charge in [-0.05, 0) is 0 Å². The van der Waals surface area contributed by atoms with E-state index in [0.29, 0.717) is 0 Å². The normalized spacial score (nSPS) is 21.2. The molecule has 1 fully saturated rings. The van der Waals surface area contributed by atoms with Crippen LogP contribution < -0.4 is 10.6 Å². The van der Waals surface area contributed by atoms with Gasteiger partial charge in [-0.3, -0.25) is 20.2 Å². The van der Waals surface area contributed by atoms with Crippen LogP contribution in [0.4, 0.5) is 0 Å². The number of hydrogen-bond acceptors (Lipinski definition) is 6. The first-order valence-corrected chi connectivity index (χ1v) is 3.14. The van der Waals surface area contributed by atoms with E-state index in [2.05, 4.69) is 20.7 Å². The fourth-order valence-electron chi connectivity index (χ4n) is 0.744. The minimum absolute atomic E-state index is 0.239. The molecule has 0 aromatic heterocycles. The zero-order chi connectivity index (χ0) is 9.84. The predicted molar refractivity (Wildman–Crippen MR) is 38.3 cm³/mol. The summed E-state index contributed by atoms with van der Waals surface area (Å²) in [5.41, 5.74) is 6.52. The lowest BCUT2D eigenvalue weighted by Crippen LogP contribution is -2.58. The SMILES string of the molecule is N#CN=C1NC(=O)C(N=N)C(=O)N1. The fourth-order valence-corrected chi connectivity index (χ4v) is 0.744. The number of guanidine groups is 1. The Bertz CT molecular complexity index is 319. The number of carbonyl (C=O) groups is 2. The molecule has 1 aliphatic heterocycles. The van der Waals surface area contributed by atoms with Gasteiger partial charge in [-0.15, -0.1) is 4.99 Å². The van der Waals surface area contributed by atoms with E-state index in [1.54, 1.807) is 0 Å². The van der Waals surface area contributed by atoms with Gasteiger partial charge in [0.25, 0.3) is 11.8 Å². The molecule has 1 aliphatic rings. The Morgan fingerprint density at radius 2 is 1.92 bits per heavy atom. The van der Waals surface area contributed by atoms with E-state index in [-0.39, 0.29) is 5.96 Å². The van der Waals surface area contributed by atoms with Gasteiger partial charge in [0, 0.05) is 0 Å². The van der Waals surface area contributed by atoms with Crippen LogP contribution in [-0.4, -0.2) is 23.8 Å². The molecule has 0 bridgehead atoms. The monoisotopic (exact) mass is 180 g/mol. The van der Waals surface area contributed by atoms with Gasteiger partial charge < -0.3 is 0 Å². The van der Waals surface area contributed by atoms with Gasteiger partial charge in [-0.1, -0.05) is 0 Å². The van der Waals surface area contributed by atoms with E-state index < -0.39 is 17.9 Å². The highest BCUT2D eigenvalue weighted by atomic mass is 16.2. The van der Waals surface area contributed by atoms with Crippen molar-refractivity contribution in [2.75, 3.05) is 0 Å². The number of nitrogens with one attached hydrogen (secondary N) is 3. The molecule has 0 aliphatic carbocycles. The van der Waals surface area contributed by atoms with E-state index in [1.807, 2.05) is 0 Å². The maximum Gasteiger partial charge on any atom is 0.263 e. The van der Waals surface area contributed by atoms with Gasteiger partial charge in [0.05, 0.1) is 0 Å². The Kier molecular flexibility index (Phi) is 2.30. The number of nitrogens with zero attached hydrogens (tertiary/aromatic N) is 3. The van der Waals surface area contributed by atoms with Crippen LogP contribution >= 0.6 is 0 Å². The maximum absolute atomic E-state index is 10.9. The number of nitriles is 1. The molecule has 1 saturated heterocycles. The summed E-state index contributed by atoms with van der Waals surface area (Å²) >= 11 is 0. The molecular formula is C5H4N6O2. The second-order valence-corrected chi connectivity index (χ2v) is 2.07. The quantitative estimate of drug-likeness (QED) is 0.257. The van der Waals surface area contributed by atoms with E-state index in [9.17, 15) is 9.59 Å². The molecule has 0 spiro atoms. The van der Waals surface area contributed by atoms with E-state index in [1.165, 1.54) is 6.19 Å². The van der Waals surface area contributed by atoms with Crippen LogP contribution in [0.1, 0.15) is 0 Å². The van der Waals surface area contributed by atoms with Gasteiger partial charge >= 0.3 is 0 Å². The van der Waals surface area contributed by atoms with Crippen LogP contribution in [0, 0.1) is 17.0 Å². The van der Waals surface area contributed by atoms with Crippen LogP contribution in [0.3, 0.4) is 0 Å². The van der Waals surface area contributed by atoms with Crippen molar-refractivity contribution in [2.24, 2.45) is 10.1 Å². The molecule has 0 saturated carbocycles. The third-order valence-electron chi connectivity index (χ3n) is 1.27. The number of amides is 2. The molecule has 0 aromatic carbocycles. The van der Waals surface area contributed by atoms with Crippen molar-refractivity contribution in [2.45, 2.75) is 6.04 Å². The summed E-state index contributed by atoms with van der Waals surface area (Å²) in [6.07, 6.45) is 1.39. The van der Waals surface area contributed by atoms with Crippen molar-refractivity contribution >= 4 is 17.8 Å². The third-order valence-corrected chi connectivity index (χ3v) is 1.27. The molecule has 8 heteroatoms. The summed E-state index contributed by atoms with van der Waals surface area (Å²) < 4.78 is 0. The first-order chi connectivity index (χ1) is 6.19. The number of carbonyl (C=O) groups excluding carboxylic acids is 2. The largest absolute Gasteiger partial charge is 0.293 e. The summed E-state index contributed by atoms with van der Waals surface area (Å²) in [5, 5.41) is 15.1. The molecule has 1 heterocycles.